The molecule has 86 valence electrons. The van der Waals surface area contributed by atoms with Crippen LogP contribution in [0.5, 0.6) is 0 Å². The average Bonchev–Trinajstić information content (AvgIpc) is 2.81. The van der Waals surface area contributed by atoms with Gasteiger partial charge in [-0.25, -0.2) is 8.78 Å². The lowest BCUT2D eigenvalue weighted by atomic mass is 10.1. The van der Waals surface area contributed by atoms with Crippen molar-refractivity contribution >= 4 is 5.69 Å². The Bertz CT molecular complexity index is 406. The molecule has 1 fully saturated rings. The standard InChI is InChI=1S/C12H14F2N2/c13-12(14)8-15-7-11(12)16-6-5-9-3-1-2-4-10(9)16/h1-4,11,15H,5-8H2/t11-/m0/s1. The summed E-state index contributed by atoms with van der Waals surface area (Å²) < 4.78 is 27.3. The molecule has 2 aliphatic heterocycles. The summed E-state index contributed by atoms with van der Waals surface area (Å²) in [5.41, 5.74) is 2.17. The van der Waals surface area contributed by atoms with Crippen molar-refractivity contribution in [1.29, 1.82) is 0 Å². The molecule has 0 saturated carbocycles. The van der Waals surface area contributed by atoms with Gasteiger partial charge in [-0.15, -0.1) is 0 Å². The molecule has 2 nitrogen and oxygen atoms in total. The average molecular weight is 224 g/mol. The van der Waals surface area contributed by atoms with Gasteiger partial charge in [0.15, 0.2) is 0 Å². The monoisotopic (exact) mass is 224 g/mol. The Balaban J connectivity index is 1.93. The van der Waals surface area contributed by atoms with E-state index >= 15 is 0 Å². The summed E-state index contributed by atoms with van der Waals surface area (Å²) in [7, 11) is 0. The number of nitrogens with one attached hydrogen (secondary N) is 1. The van der Waals surface area contributed by atoms with Crippen LogP contribution in [-0.2, 0) is 6.42 Å². The minimum Gasteiger partial charge on any atom is -0.361 e. The summed E-state index contributed by atoms with van der Waals surface area (Å²) in [6, 6.07) is 7.16. The first kappa shape index (κ1) is 10.0. The van der Waals surface area contributed by atoms with Crippen LogP contribution in [0.15, 0.2) is 24.3 Å². The van der Waals surface area contributed by atoms with Gasteiger partial charge in [-0.3, -0.25) is 0 Å². The van der Waals surface area contributed by atoms with E-state index in [1.807, 2.05) is 29.2 Å². The third-order valence-electron chi connectivity index (χ3n) is 3.49. The molecule has 0 bridgehead atoms. The van der Waals surface area contributed by atoms with E-state index in [1.165, 1.54) is 5.56 Å². The zero-order valence-electron chi connectivity index (χ0n) is 8.92. The number of nitrogens with zero attached hydrogens (tertiary/aromatic N) is 1. The van der Waals surface area contributed by atoms with Crippen LogP contribution in [0, 0.1) is 0 Å². The Hall–Kier alpha value is -1.16. The van der Waals surface area contributed by atoms with Gasteiger partial charge in [0.2, 0.25) is 0 Å². The second kappa shape index (κ2) is 3.42. The number of hydrogen-bond donors (Lipinski definition) is 1. The second-order valence-electron chi connectivity index (χ2n) is 4.48. The minimum atomic E-state index is -2.61. The van der Waals surface area contributed by atoms with Crippen molar-refractivity contribution in [2.45, 2.75) is 18.4 Å². The number of halogens is 2. The molecule has 4 heteroatoms. The molecule has 3 rings (SSSR count). The predicted octanol–water partition coefficient (Wildman–Crippen LogP) is 1.66. The van der Waals surface area contributed by atoms with Crippen LogP contribution < -0.4 is 10.2 Å². The van der Waals surface area contributed by atoms with Gasteiger partial charge in [-0.2, -0.15) is 0 Å². The lowest BCUT2D eigenvalue weighted by Crippen LogP contribution is -2.46. The Morgan fingerprint density at radius 2 is 2.12 bits per heavy atom. The molecule has 1 aromatic rings. The molecule has 16 heavy (non-hydrogen) atoms. The minimum absolute atomic E-state index is 0.198. The van der Waals surface area contributed by atoms with Gasteiger partial charge in [0.25, 0.3) is 5.92 Å². The molecule has 0 amide bonds. The molecule has 0 unspecified atom stereocenters. The molecule has 0 aromatic heterocycles. The Labute approximate surface area is 93.3 Å². The largest absolute Gasteiger partial charge is 0.361 e. The van der Waals surface area contributed by atoms with Crippen molar-refractivity contribution < 1.29 is 8.78 Å². The quantitative estimate of drug-likeness (QED) is 0.780. The maximum absolute atomic E-state index is 13.7. The van der Waals surface area contributed by atoms with Gasteiger partial charge in [-0.1, -0.05) is 18.2 Å². The maximum Gasteiger partial charge on any atom is 0.281 e. The van der Waals surface area contributed by atoms with Crippen molar-refractivity contribution in [3.63, 3.8) is 0 Å². The van der Waals surface area contributed by atoms with Crippen LogP contribution in [0.3, 0.4) is 0 Å². The van der Waals surface area contributed by atoms with E-state index in [0.29, 0.717) is 13.1 Å². The van der Waals surface area contributed by atoms with Crippen LogP contribution in [0.1, 0.15) is 5.56 Å². The zero-order valence-corrected chi connectivity index (χ0v) is 8.92. The number of hydrogen-bond acceptors (Lipinski definition) is 2. The highest BCUT2D eigenvalue weighted by Gasteiger charge is 2.48. The van der Waals surface area contributed by atoms with Gasteiger partial charge in [-0.05, 0) is 18.1 Å². The van der Waals surface area contributed by atoms with Crippen LogP contribution in [0.4, 0.5) is 14.5 Å². The first-order valence-electron chi connectivity index (χ1n) is 5.61. The molecule has 1 saturated heterocycles. The fourth-order valence-corrected chi connectivity index (χ4v) is 2.67. The van der Waals surface area contributed by atoms with Crippen molar-refractivity contribution in [2.75, 3.05) is 24.5 Å². The summed E-state index contributed by atoms with van der Waals surface area (Å²) in [4.78, 5) is 1.86. The van der Waals surface area contributed by atoms with E-state index in [1.54, 1.807) is 0 Å². The Morgan fingerprint density at radius 3 is 2.88 bits per heavy atom. The molecular formula is C12H14F2N2. The molecule has 0 aliphatic carbocycles. The molecule has 0 radical (unpaired) electrons. The lowest BCUT2D eigenvalue weighted by molar-refractivity contribution is 0.00608. The van der Waals surface area contributed by atoms with Crippen molar-refractivity contribution in [3.05, 3.63) is 29.8 Å². The Morgan fingerprint density at radius 1 is 1.31 bits per heavy atom. The van der Waals surface area contributed by atoms with E-state index in [-0.39, 0.29) is 6.54 Å². The molecule has 1 atom stereocenters. The SMILES string of the molecule is FC1(F)CNC[C@@H]1N1CCc2ccccc21. The fraction of sp³-hybridized carbons (Fsp3) is 0.500. The normalized spacial score (nSPS) is 27.1. The zero-order chi connectivity index (χ0) is 11.2. The van der Waals surface area contributed by atoms with Crippen LogP contribution in [0.2, 0.25) is 0 Å². The number of rotatable bonds is 1. The van der Waals surface area contributed by atoms with E-state index in [9.17, 15) is 8.78 Å². The van der Waals surface area contributed by atoms with E-state index < -0.39 is 12.0 Å². The van der Waals surface area contributed by atoms with E-state index in [0.717, 1.165) is 12.1 Å². The number of alkyl halides is 2. The van der Waals surface area contributed by atoms with Gasteiger partial charge in [0.05, 0.1) is 6.54 Å². The third kappa shape index (κ3) is 1.40. The molecule has 2 aliphatic rings. The number of para-hydroxylation sites is 1. The lowest BCUT2D eigenvalue weighted by Gasteiger charge is -2.30. The summed E-state index contributed by atoms with van der Waals surface area (Å²) in [6.45, 7) is 0.888. The maximum atomic E-state index is 13.7. The van der Waals surface area contributed by atoms with Gasteiger partial charge >= 0.3 is 0 Å². The number of fused-ring (bicyclic) bond motifs is 1. The van der Waals surface area contributed by atoms with Gasteiger partial charge in [0, 0.05) is 18.8 Å². The Kier molecular flexibility index (Phi) is 2.14. The highest BCUT2D eigenvalue weighted by atomic mass is 19.3. The molecule has 1 N–H and O–H groups in total. The van der Waals surface area contributed by atoms with Crippen LogP contribution >= 0.6 is 0 Å². The summed E-state index contributed by atoms with van der Waals surface area (Å²) in [5, 5.41) is 2.78. The highest BCUT2D eigenvalue weighted by Crippen LogP contribution is 2.35. The first-order valence-corrected chi connectivity index (χ1v) is 5.61. The highest BCUT2D eigenvalue weighted by molar-refractivity contribution is 5.59. The van der Waals surface area contributed by atoms with Crippen molar-refractivity contribution in [2.24, 2.45) is 0 Å². The topological polar surface area (TPSA) is 15.3 Å². The summed E-state index contributed by atoms with van der Waals surface area (Å²) >= 11 is 0. The van der Waals surface area contributed by atoms with Crippen LogP contribution in [0.25, 0.3) is 0 Å². The smallest absolute Gasteiger partial charge is 0.281 e. The fourth-order valence-electron chi connectivity index (χ4n) is 2.67. The van der Waals surface area contributed by atoms with Crippen molar-refractivity contribution in [1.82, 2.24) is 5.32 Å². The second-order valence-corrected chi connectivity index (χ2v) is 4.48. The molecule has 1 aromatic carbocycles. The number of benzene rings is 1. The molecule has 0 spiro atoms. The summed E-state index contributed by atoms with van der Waals surface area (Å²) in [5.74, 6) is -2.61. The third-order valence-corrected chi connectivity index (χ3v) is 3.49. The molecular weight excluding hydrogens is 210 g/mol. The first-order chi connectivity index (χ1) is 7.68. The van der Waals surface area contributed by atoms with Crippen LogP contribution in [-0.4, -0.2) is 31.6 Å². The van der Waals surface area contributed by atoms with Crippen molar-refractivity contribution in [3.8, 4) is 0 Å². The van der Waals surface area contributed by atoms with E-state index in [4.69, 9.17) is 0 Å². The van der Waals surface area contributed by atoms with Gasteiger partial charge in [0.1, 0.15) is 6.04 Å². The predicted molar refractivity (Wildman–Crippen MR) is 59.1 cm³/mol. The molecule has 2 heterocycles. The number of anilines is 1. The summed E-state index contributed by atoms with van der Waals surface area (Å²) in [6.07, 6.45) is 0.878. The van der Waals surface area contributed by atoms with Gasteiger partial charge < -0.3 is 10.2 Å². The van der Waals surface area contributed by atoms with E-state index in [2.05, 4.69) is 5.32 Å².